The Morgan fingerprint density at radius 2 is 0.495 bits per heavy atom. The molecule has 0 heterocycles. The molecule has 17 nitrogen and oxygen atoms in total. The molecule has 0 rings (SSSR count). The molecule has 0 aliphatic heterocycles. The Balaban J connectivity index is 5.27. The average molecular weight is 1510 g/mol. The molecule has 0 aliphatic rings. The summed E-state index contributed by atoms with van der Waals surface area (Å²) in [6.45, 7) is 12.1. The second-order valence-electron chi connectivity index (χ2n) is 31.2. The van der Waals surface area contributed by atoms with E-state index in [-0.39, 0.29) is 25.7 Å². The summed E-state index contributed by atoms with van der Waals surface area (Å²) in [5.41, 5.74) is 0. The molecule has 612 valence electrons. The van der Waals surface area contributed by atoms with Crippen LogP contribution in [0.1, 0.15) is 440 Å². The lowest BCUT2D eigenvalue weighted by atomic mass is 9.99. The maximum Gasteiger partial charge on any atom is 0.472 e. The molecule has 0 amide bonds. The van der Waals surface area contributed by atoms with Crippen molar-refractivity contribution in [3.05, 3.63) is 0 Å². The number of ether oxygens (including phenoxy) is 4. The summed E-state index contributed by atoms with van der Waals surface area (Å²) in [7, 11) is -9.93. The van der Waals surface area contributed by atoms with Crippen LogP contribution in [0, 0.1) is 17.8 Å². The Labute approximate surface area is 632 Å². The van der Waals surface area contributed by atoms with Crippen molar-refractivity contribution in [2.75, 3.05) is 39.6 Å². The lowest BCUT2D eigenvalue weighted by molar-refractivity contribution is -0.161. The summed E-state index contributed by atoms with van der Waals surface area (Å²) in [6, 6.07) is 0. The van der Waals surface area contributed by atoms with Crippen LogP contribution in [-0.2, 0) is 65.4 Å². The van der Waals surface area contributed by atoms with Gasteiger partial charge in [0.2, 0.25) is 0 Å². The minimum atomic E-state index is -4.97. The first-order valence-corrected chi connectivity index (χ1v) is 46.4. The van der Waals surface area contributed by atoms with Gasteiger partial charge < -0.3 is 33.8 Å². The zero-order valence-corrected chi connectivity index (χ0v) is 69.6. The molecule has 0 bridgehead atoms. The highest BCUT2D eigenvalue weighted by atomic mass is 31.2. The van der Waals surface area contributed by atoms with Gasteiger partial charge in [0.05, 0.1) is 26.4 Å². The SMILES string of the molecule is CCCCCCCCCCCCCCCC(=O)OC[C@H](COP(=O)(O)OC[C@H](O)COP(=O)(O)OC[C@@H](COC(=O)CCCCCCCCCCCCCCCCC(C)CC)OC(=O)CCCCCCCCCCCCCCCCCC(C)C)OC(=O)CCCCCCCCCCCCC(C)CC. The fourth-order valence-electron chi connectivity index (χ4n) is 13.0. The normalized spacial score (nSPS) is 14.4. The highest BCUT2D eigenvalue weighted by molar-refractivity contribution is 7.47. The Morgan fingerprint density at radius 3 is 0.738 bits per heavy atom. The zero-order valence-electron chi connectivity index (χ0n) is 67.8. The van der Waals surface area contributed by atoms with Crippen LogP contribution in [0.2, 0.25) is 0 Å². The van der Waals surface area contributed by atoms with Crippen molar-refractivity contribution < 1.29 is 80.2 Å². The van der Waals surface area contributed by atoms with E-state index in [0.717, 1.165) is 108 Å². The molecule has 7 atom stereocenters. The van der Waals surface area contributed by atoms with Crippen LogP contribution in [0.15, 0.2) is 0 Å². The van der Waals surface area contributed by atoms with Crippen LogP contribution in [0.3, 0.4) is 0 Å². The fraction of sp³-hybridized carbons (Fsp3) is 0.952. The van der Waals surface area contributed by atoms with Gasteiger partial charge in [-0.25, -0.2) is 9.13 Å². The van der Waals surface area contributed by atoms with Crippen molar-refractivity contribution >= 4 is 39.5 Å². The van der Waals surface area contributed by atoms with E-state index in [4.69, 9.17) is 37.0 Å². The first-order valence-electron chi connectivity index (χ1n) is 43.4. The highest BCUT2D eigenvalue weighted by Crippen LogP contribution is 2.45. The van der Waals surface area contributed by atoms with Gasteiger partial charge >= 0.3 is 39.5 Å². The molecule has 103 heavy (non-hydrogen) atoms. The number of phosphoric acid groups is 2. The van der Waals surface area contributed by atoms with E-state index in [9.17, 15) is 43.2 Å². The number of aliphatic hydroxyl groups excluding tert-OH is 1. The van der Waals surface area contributed by atoms with E-state index >= 15 is 0 Å². The average Bonchev–Trinajstić information content (AvgIpc) is 0.915. The summed E-state index contributed by atoms with van der Waals surface area (Å²) >= 11 is 0. The molecular weight excluding hydrogens is 1340 g/mol. The van der Waals surface area contributed by atoms with Gasteiger partial charge in [0.1, 0.15) is 19.3 Å². The van der Waals surface area contributed by atoms with E-state index in [1.165, 1.54) is 250 Å². The van der Waals surface area contributed by atoms with Crippen LogP contribution in [-0.4, -0.2) is 96.7 Å². The molecule has 0 saturated carbocycles. The molecule has 0 fully saturated rings. The smallest absolute Gasteiger partial charge is 0.462 e. The monoisotopic (exact) mass is 1510 g/mol. The Morgan fingerprint density at radius 1 is 0.282 bits per heavy atom. The topological polar surface area (TPSA) is 237 Å². The van der Waals surface area contributed by atoms with Crippen molar-refractivity contribution in [1.82, 2.24) is 0 Å². The van der Waals surface area contributed by atoms with Gasteiger partial charge in [0.25, 0.3) is 0 Å². The first kappa shape index (κ1) is 101. The standard InChI is InChI=1S/C84H164O17P2/c1-8-11-12-13-14-15-16-22-29-37-44-51-58-65-81(86)94-72-80(101-84(89)68-61-54-47-40-33-32-36-43-50-57-64-77(7)10-3)74-99-103(92,93)97-70-78(85)69-96-102(90,91)98-73-79(100-83(88)67-60-53-46-39-31-26-19-17-18-23-27-34-41-48-55-62-75(4)5)71-95-82(87)66-59-52-45-38-30-25-21-20-24-28-35-42-49-56-63-76(6)9-2/h75-80,85H,8-74H2,1-7H3,(H,90,91)(H,92,93)/t76?,77?,78-,79-,80-/m1/s1. The molecule has 0 radical (unpaired) electrons. The highest BCUT2D eigenvalue weighted by Gasteiger charge is 2.30. The lowest BCUT2D eigenvalue weighted by Crippen LogP contribution is -2.30. The van der Waals surface area contributed by atoms with E-state index in [1.54, 1.807) is 0 Å². The minimum Gasteiger partial charge on any atom is -0.462 e. The molecule has 3 N–H and O–H groups in total. The number of phosphoric ester groups is 2. The maximum atomic E-state index is 13.1. The number of unbranched alkanes of at least 4 members (excludes halogenated alkanes) is 48. The second kappa shape index (κ2) is 74.2. The number of aliphatic hydroxyl groups is 1. The summed E-state index contributed by atoms with van der Waals surface area (Å²) in [5, 5.41) is 10.7. The van der Waals surface area contributed by atoms with Crippen molar-refractivity contribution in [2.24, 2.45) is 17.8 Å². The maximum absolute atomic E-state index is 13.1. The van der Waals surface area contributed by atoms with Crippen LogP contribution in [0.4, 0.5) is 0 Å². The van der Waals surface area contributed by atoms with Gasteiger partial charge in [-0.3, -0.25) is 37.3 Å². The third-order valence-corrected chi connectivity index (χ3v) is 22.3. The van der Waals surface area contributed by atoms with Gasteiger partial charge in [0, 0.05) is 25.7 Å². The summed E-state index contributed by atoms with van der Waals surface area (Å²) in [4.78, 5) is 73.2. The number of esters is 4. The predicted octanol–water partition coefficient (Wildman–Crippen LogP) is 25.3. The number of carbonyl (C=O) groups is 4. The molecule has 0 aromatic carbocycles. The van der Waals surface area contributed by atoms with Gasteiger partial charge in [-0.1, -0.05) is 389 Å². The van der Waals surface area contributed by atoms with Crippen LogP contribution < -0.4 is 0 Å². The first-order chi connectivity index (χ1) is 49.8. The molecule has 0 aromatic heterocycles. The molecule has 0 aromatic rings. The largest absolute Gasteiger partial charge is 0.472 e. The number of hydrogen-bond donors (Lipinski definition) is 3. The zero-order chi connectivity index (χ0) is 75.8. The third-order valence-electron chi connectivity index (χ3n) is 20.4. The Bertz CT molecular complexity index is 2000. The van der Waals surface area contributed by atoms with Crippen LogP contribution in [0.25, 0.3) is 0 Å². The number of hydrogen-bond acceptors (Lipinski definition) is 15. The van der Waals surface area contributed by atoms with Crippen LogP contribution >= 0.6 is 15.6 Å². The van der Waals surface area contributed by atoms with Gasteiger partial charge in [0.15, 0.2) is 12.2 Å². The van der Waals surface area contributed by atoms with Gasteiger partial charge in [-0.15, -0.1) is 0 Å². The van der Waals surface area contributed by atoms with Gasteiger partial charge in [-0.05, 0) is 43.4 Å². The minimum absolute atomic E-state index is 0.107. The van der Waals surface area contributed by atoms with Crippen molar-refractivity contribution in [3.8, 4) is 0 Å². The van der Waals surface area contributed by atoms with Crippen molar-refractivity contribution in [3.63, 3.8) is 0 Å². The second-order valence-corrected chi connectivity index (χ2v) is 34.1. The Kier molecular flexibility index (Phi) is 72.8. The third kappa shape index (κ3) is 75.3. The fourth-order valence-corrected chi connectivity index (χ4v) is 14.5. The van der Waals surface area contributed by atoms with Crippen molar-refractivity contribution in [1.29, 1.82) is 0 Å². The molecule has 0 aliphatic carbocycles. The number of carbonyl (C=O) groups excluding carboxylic acids is 4. The molecule has 4 unspecified atom stereocenters. The molecular formula is C84H164O17P2. The molecule has 0 spiro atoms. The van der Waals surface area contributed by atoms with Crippen molar-refractivity contribution in [2.45, 2.75) is 458 Å². The van der Waals surface area contributed by atoms with E-state index in [0.29, 0.717) is 25.7 Å². The quantitative estimate of drug-likeness (QED) is 0.0222. The predicted molar refractivity (Wildman–Crippen MR) is 423 cm³/mol. The van der Waals surface area contributed by atoms with E-state index in [2.05, 4.69) is 48.5 Å². The number of rotatable bonds is 82. The molecule has 19 heteroatoms. The molecule has 0 saturated heterocycles. The lowest BCUT2D eigenvalue weighted by Gasteiger charge is -2.21. The van der Waals surface area contributed by atoms with Crippen LogP contribution in [0.5, 0.6) is 0 Å². The summed E-state index contributed by atoms with van der Waals surface area (Å²) in [5.74, 6) is 0.351. The van der Waals surface area contributed by atoms with E-state index in [1.807, 2.05) is 0 Å². The van der Waals surface area contributed by atoms with E-state index < -0.39 is 97.5 Å². The summed E-state index contributed by atoms with van der Waals surface area (Å²) < 4.78 is 68.9. The van der Waals surface area contributed by atoms with Gasteiger partial charge in [-0.2, -0.15) is 0 Å². The Hall–Kier alpha value is -1.94. The summed E-state index contributed by atoms with van der Waals surface area (Å²) in [6.07, 6.45) is 63.5.